The highest BCUT2D eigenvalue weighted by Crippen LogP contribution is 2.38. The fourth-order valence-corrected chi connectivity index (χ4v) is 4.34. The smallest absolute Gasteiger partial charge is 0.182 e. The van der Waals surface area contributed by atoms with Gasteiger partial charge in [-0.1, -0.05) is 0 Å². The van der Waals surface area contributed by atoms with Gasteiger partial charge in [-0.3, -0.25) is 0 Å². The number of nitrogens with zero attached hydrogens (tertiary/aromatic N) is 7. The molecule has 10 heteroatoms. The second kappa shape index (κ2) is 8.12. The van der Waals surface area contributed by atoms with Crippen LogP contribution in [0.1, 0.15) is 66.7 Å². The summed E-state index contributed by atoms with van der Waals surface area (Å²) >= 11 is 0. The molecule has 0 spiro atoms. The highest BCUT2D eigenvalue weighted by Gasteiger charge is 2.32. The van der Waals surface area contributed by atoms with Crippen LogP contribution in [0.3, 0.4) is 0 Å². The van der Waals surface area contributed by atoms with Crippen LogP contribution in [0.2, 0.25) is 0 Å². The molecule has 2 atom stereocenters. The normalized spacial score (nSPS) is 20.7. The van der Waals surface area contributed by atoms with Crippen molar-refractivity contribution in [2.24, 2.45) is 0 Å². The van der Waals surface area contributed by atoms with Gasteiger partial charge in [-0.2, -0.15) is 15.0 Å². The predicted octanol–water partition coefficient (Wildman–Crippen LogP) is 4.54. The van der Waals surface area contributed by atoms with Crippen molar-refractivity contribution in [3.05, 3.63) is 58.9 Å². The first kappa shape index (κ1) is 21.2. The summed E-state index contributed by atoms with van der Waals surface area (Å²) in [6.07, 6.45) is 5.10. The van der Waals surface area contributed by atoms with E-state index in [1.807, 2.05) is 13.8 Å². The van der Waals surface area contributed by atoms with Gasteiger partial charge in [0.1, 0.15) is 40.5 Å². The number of benzene rings is 1. The molecule has 2 unspecified atom stereocenters. The van der Waals surface area contributed by atoms with Gasteiger partial charge in [-0.25, -0.2) is 28.7 Å². The minimum absolute atomic E-state index is 0.0418. The Morgan fingerprint density at radius 1 is 1.00 bits per heavy atom. The monoisotopic (exact) mass is 463 g/mol. The topological polar surface area (TPSA) is 91.5 Å². The summed E-state index contributed by atoms with van der Waals surface area (Å²) in [7, 11) is 0. The Morgan fingerprint density at radius 2 is 1.82 bits per heavy atom. The zero-order valence-corrected chi connectivity index (χ0v) is 18.9. The Labute approximate surface area is 194 Å². The van der Waals surface area contributed by atoms with Crippen LogP contribution in [-0.2, 0) is 4.74 Å². The molecule has 2 aliphatic rings. The molecule has 1 saturated carbocycles. The zero-order chi connectivity index (χ0) is 23.4. The Balaban J connectivity index is 1.41. The van der Waals surface area contributed by atoms with Gasteiger partial charge < -0.3 is 4.74 Å². The van der Waals surface area contributed by atoms with Gasteiger partial charge >= 0.3 is 0 Å². The second-order valence-electron chi connectivity index (χ2n) is 9.02. The summed E-state index contributed by atoms with van der Waals surface area (Å²) < 4.78 is 34.4. The van der Waals surface area contributed by atoms with E-state index in [4.69, 9.17) is 14.7 Å². The van der Waals surface area contributed by atoms with E-state index in [0.717, 1.165) is 30.3 Å². The molecule has 0 radical (unpaired) electrons. The SMILES string of the molecule is Cc1nc2nc(C3CCOC(c4cnn(C5CC5)n4)C3)nc(-c3ccc(F)cc3F)c2nc1C. The van der Waals surface area contributed by atoms with Crippen molar-refractivity contribution in [3.63, 3.8) is 0 Å². The van der Waals surface area contributed by atoms with Crippen molar-refractivity contribution in [2.45, 2.75) is 57.6 Å². The maximum absolute atomic E-state index is 14.8. The molecular weight excluding hydrogens is 440 g/mol. The third-order valence-electron chi connectivity index (χ3n) is 6.52. The molecule has 1 saturated heterocycles. The summed E-state index contributed by atoms with van der Waals surface area (Å²) in [6.45, 7) is 4.21. The molecule has 4 aromatic rings. The number of halogens is 2. The van der Waals surface area contributed by atoms with Crippen LogP contribution in [-0.4, -0.2) is 41.5 Å². The summed E-state index contributed by atoms with van der Waals surface area (Å²) in [4.78, 5) is 20.5. The Hall–Kier alpha value is -3.40. The highest BCUT2D eigenvalue weighted by atomic mass is 19.1. The Kier molecular flexibility index (Phi) is 5.05. The van der Waals surface area contributed by atoms with Gasteiger partial charge in [0.25, 0.3) is 0 Å². The van der Waals surface area contributed by atoms with Crippen LogP contribution < -0.4 is 0 Å². The summed E-state index contributed by atoms with van der Waals surface area (Å²) in [5, 5.41) is 9.00. The molecule has 0 bridgehead atoms. The molecule has 6 rings (SSSR count). The molecular formula is C24H23F2N7O. The van der Waals surface area contributed by atoms with E-state index in [9.17, 15) is 8.78 Å². The fourth-order valence-electron chi connectivity index (χ4n) is 4.34. The average Bonchev–Trinajstić information content (AvgIpc) is 3.56. The van der Waals surface area contributed by atoms with Crippen molar-refractivity contribution < 1.29 is 13.5 Å². The molecule has 3 aromatic heterocycles. The summed E-state index contributed by atoms with van der Waals surface area (Å²) in [5.41, 5.74) is 3.53. The van der Waals surface area contributed by atoms with Crippen LogP contribution in [0.4, 0.5) is 8.78 Å². The zero-order valence-electron chi connectivity index (χ0n) is 18.9. The largest absolute Gasteiger partial charge is 0.372 e. The first-order chi connectivity index (χ1) is 16.5. The molecule has 1 aromatic carbocycles. The van der Waals surface area contributed by atoms with Gasteiger partial charge in [-0.05, 0) is 51.7 Å². The Morgan fingerprint density at radius 3 is 2.62 bits per heavy atom. The van der Waals surface area contributed by atoms with E-state index in [2.05, 4.69) is 20.2 Å². The quantitative estimate of drug-likeness (QED) is 0.439. The lowest BCUT2D eigenvalue weighted by Gasteiger charge is -2.27. The van der Waals surface area contributed by atoms with E-state index in [1.165, 1.54) is 12.1 Å². The van der Waals surface area contributed by atoms with Gasteiger partial charge in [-0.15, -0.1) is 0 Å². The van der Waals surface area contributed by atoms with E-state index in [0.29, 0.717) is 53.9 Å². The summed E-state index contributed by atoms with van der Waals surface area (Å²) in [6, 6.07) is 3.85. The highest BCUT2D eigenvalue weighted by molar-refractivity contribution is 5.87. The third kappa shape index (κ3) is 3.81. The van der Waals surface area contributed by atoms with Crippen LogP contribution >= 0.6 is 0 Å². The maximum Gasteiger partial charge on any atom is 0.182 e. The molecule has 34 heavy (non-hydrogen) atoms. The van der Waals surface area contributed by atoms with Crippen molar-refractivity contribution >= 4 is 11.2 Å². The fraction of sp³-hybridized carbons (Fsp3) is 0.417. The van der Waals surface area contributed by atoms with Crippen LogP contribution in [0.5, 0.6) is 0 Å². The molecule has 174 valence electrons. The van der Waals surface area contributed by atoms with Crippen molar-refractivity contribution in [1.29, 1.82) is 0 Å². The number of fused-ring (bicyclic) bond motifs is 1. The standard InChI is InChI=1S/C24H23F2N7O/c1-12-13(2)29-24-22(28-12)21(17-6-3-15(25)10-18(17)26)30-23(31-24)14-7-8-34-20(9-14)19-11-27-33(32-19)16-4-5-16/h3,6,10-11,14,16,20H,4-5,7-9H2,1-2H3. The maximum atomic E-state index is 14.8. The first-order valence-corrected chi connectivity index (χ1v) is 11.5. The number of ether oxygens (including phenoxy) is 1. The van der Waals surface area contributed by atoms with Gasteiger partial charge in [0.2, 0.25) is 0 Å². The molecule has 4 heterocycles. The number of aromatic nitrogens is 7. The summed E-state index contributed by atoms with van der Waals surface area (Å²) in [5.74, 6) is -0.844. The van der Waals surface area contributed by atoms with E-state index < -0.39 is 11.6 Å². The lowest BCUT2D eigenvalue weighted by atomic mass is 9.93. The van der Waals surface area contributed by atoms with Gasteiger partial charge in [0, 0.05) is 24.2 Å². The lowest BCUT2D eigenvalue weighted by molar-refractivity contribution is 0.00113. The number of aryl methyl sites for hydroxylation is 2. The third-order valence-corrected chi connectivity index (χ3v) is 6.52. The predicted molar refractivity (Wildman–Crippen MR) is 119 cm³/mol. The van der Waals surface area contributed by atoms with Crippen molar-refractivity contribution in [1.82, 2.24) is 34.9 Å². The number of hydrogen-bond acceptors (Lipinski definition) is 7. The second-order valence-corrected chi connectivity index (χ2v) is 9.02. The molecule has 2 fully saturated rings. The molecule has 1 aliphatic heterocycles. The van der Waals surface area contributed by atoms with E-state index in [-0.39, 0.29) is 17.6 Å². The number of hydrogen-bond donors (Lipinski definition) is 0. The molecule has 1 aliphatic carbocycles. The molecule has 8 nitrogen and oxygen atoms in total. The first-order valence-electron chi connectivity index (χ1n) is 11.5. The van der Waals surface area contributed by atoms with E-state index >= 15 is 0 Å². The Bertz CT molecular complexity index is 1400. The molecule has 0 N–H and O–H groups in total. The minimum atomic E-state index is -0.701. The van der Waals surface area contributed by atoms with E-state index in [1.54, 1.807) is 11.0 Å². The van der Waals surface area contributed by atoms with Crippen LogP contribution in [0.15, 0.2) is 24.4 Å². The van der Waals surface area contributed by atoms with Crippen molar-refractivity contribution in [2.75, 3.05) is 6.61 Å². The van der Waals surface area contributed by atoms with Gasteiger partial charge in [0.15, 0.2) is 5.65 Å². The van der Waals surface area contributed by atoms with Gasteiger partial charge in [0.05, 0.1) is 23.6 Å². The number of rotatable bonds is 4. The van der Waals surface area contributed by atoms with Crippen molar-refractivity contribution in [3.8, 4) is 11.3 Å². The van der Waals surface area contributed by atoms with Crippen LogP contribution in [0, 0.1) is 25.5 Å². The average molecular weight is 463 g/mol. The van der Waals surface area contributed by atoms with Crippen LogP contribution in [0.25, 0.3) is 22.4 Å². The minimum Gasteiger partial charge on any atom is -0.372 e. The lowest BCUT2D eigenvalue weighted by Crippen LogP contribution is -2.21. The molecule has 0 amide bonds.